The third-order valence-electron chi connectivity index (χ3n) is 3.74. The Kier molecular flexibility index (Phi) is 9.23. The van der Waals surface area contributed by atoms with E-state index in [0.717, 1.165) is 17.7 Å². The van der Waals surface area contributed by atoms with E-state index >= 15 is 0 Å². The molecule has 0 fully saturated rings. The Morgan fingerprint density at radius 2 is 1.57 bits per heavy atom. The molecule has 0 saturated heterocycles. The van der Waals surface area contributed by atoms with Crippen molar-refractivity contribution in [3.8, 4) is 0 Å². The van der Waals surface area contributed by atoms with Gasteiger partial charge in [-0.15, -0.1) is 24.0 Å². The van der Waals surface area contributed by atoms with E-state index in [-0.39, 0.29) is 24.0 Å². The van der Waals surface area contributed by atoms with Crippen LogP contribution in [-0.2, 0) is 19.3 Å². The van der Waals surface area contributed by atoms with Gasteiger partial charge in [0.05, 0.1) is 12.1 Å². The number of amides is 1. The largest absolute Gasteiger partial charge is 0.416 e. The van der Waals surface area contributed by atoms with Crippen LogP contribution < -0.4 is 16.4 Å². The van der Waals surface area contributed by atoms with Crippen molar-refractivity contribution in [2.45, 2.75) is 26.2 Å². The number of primary amides is 1. The first-order valence-electron chi connectivity index (χ1n) is 8.36. The third kappa shape index (κ3) is 7.37. The molecule has 2 aromatic rings. The maximum Gasteiger partial charge on any atom is 0.416 e. The monoisotopic (exact) mass is 506 g/mol. The highest BCUT2D eigenvalue weighted by molar-refractivity contribution is 14.0. The molecular weight excluding hydrogens is 484 g/mol. The predicted molar refractivity (Wildman–Crippen MR) is 113 cm³/mol. The second kappa shape index (κ2) is 10.9. The normalized spacial score (nSPS) is 11.5. The van der Waals surface area contributed by atoms with Gasteiger partial charge in [-0.05, 0) is 42.3 Å². The third-order valence-corrected chi connectivity index (χ3v) is 3.74. The summed E-state index contributed by atoms with van der Waals surface area (Å²) in [7, 11) is 0. The SMILES string of the molecule is CCNC(=NCc1ccc(C(N)=O)cc1)NCc1ccc(C(F)(F)F)cc1.I. The zero-order valence-electron chi connectivity index (χ0n) is 15.2. The number of nitrogens with two attached hydrogens (primary N) is 1. The van der Waals surface area contributed by atoms with E-state index in [4.69, 9.17) is 5.73 Å². The van der Waals surface area contributed by atoms with E-state index in [1.807, 2.05) is 6.92 Å². The summed E-state index contributed by atoms with van der Waals surface area (Å²) in [4.78, 5) is 15.5. The van der Waals surface area contributed by atoms with Crippen LogP contribution in [0.15, 0.2) is 53.5 Å². The zero-order chi connectivity index (χ0) is 19.9. The lowest BCUT2D eigenvalue weighted by atomic mass is 10.1. The van der Waals surface area contributed by atoms with Crippen LogP contribution in [0.2, 0.25) is 0 Å². The molecule has 0 unspecified atom stereocenters. The van der Waals surface area contributed by atoms with Gasteiger partial charge in [-0.2, -0.15) is 13.2 Å². The zero-order valence-corrected chi connectivity index (χ0v) is 17.5. The van der Waals surface area contributed by atoms with Gasteiger partial charge in [0, 0.05) is 18.7 Å². The van der Waals surface area contributed by atoms with Crippen molar-refractivity contribution >= 4 is 35.8 Å². The van der Waals surface area contributed by atoms with Gasteiger partial charge < -0.3 is 16.4 Å². The molecule has 0 aliphatic carbocycles. The molecule has 28 heavy (non-hydrogen) atoms. The van der Waals surface area contributed by atoms with E-state index in [0.29, 0.717) is 36.7 Å². The van der Waals surface area contributed by atoms with Crippen LogP contribution in [0.1, 0.15) is 34.0 Å². The summed E-state index contributed by atoms with van der Waals surface area (Å²) in [6.07, 6.45) is -4.34. The molecule has 0 saturated carbocycles. The second-order valence-electron chi connectivity index (χ2n) is 5.80. The molecule has 0 atom stereocenters. The highest BCUT2D eigenvalue weighted by Crippen LogP contribution is 2.29. The van der Waals surface area contributed by atoms with E-state index in [1.165, 1.54) is 12.1 Å². The topological polar surface area (TPSA) is 79.5 Å². The van der Waals surface area contributed by atoms with Crippen LogP contribution in [-0.4, -0.2) is 18.4 Å². The summed E-state index contributed by atoms with van der Waals surface area (Å²) >= 11 is 0. The molecule has 4 N–H and O–H groups in total. The number of carbonyl (C=O) groups is 1. The van der Waals surface area contributed by atoms with Crippen molar-refractivity contribution in [3.63, 3.8) is 0 Å². The molecule has 152 valence electrons. The Bertz CT molecular complexity index is 790. The number of hydrogen-bond acceptors (Lipinski definition) is 2. The van der Waals surface area contributed by atoms with Gasteiger partial charge >= 0.3 is 6.18 Å². The maximum atomic E-state index is 12.6. The standard InChI is InChI=1S/C19H21F3N4O.HI/c1-2-24-18(25-11-13-3-7-15(8-4-13)17(23)27)26-12-14-5-9-16(10-6-14)19(20,21)22;/h3-10H,2,11-12H2,1H3,(H2,23,27)(H2,24,25,26);1H. The minimum absolute atomic E-state index is 0. The van der Waals surface area contributed by atoms with Gasteiger partial charge in [-0.1, -0.05) is 24.3 Å². The molecule has 0 aliphatic rings. The Balaban J connectivity index is 0.00000392. The van der Waals surface area contributed by atoms with Crippen molar-refractivity contribution in [3.05, 3.63) is 70.8 Å². The minimum Gasteiger partial charge on any atom is -0.366 e. The average Bonchev–Trinajstić information content (AvgIpc) is 2.64. The molecule has 1 amide bonds. The number of guanidine groups is 1. The lowest BCUT2D eigenvalue weighted by Crippen LogP contribution is -2.36. The van der Waals surface area contributed by atoms with Gasteiger partial charge in [0.25, 0.3) is 0 Å². The molecule has 2 rings (SSSR count). The smallest absolute Gasteiger partial charge is 0.366 e. The number of nitrogens with zero attached hydrogens (tertiary/aromatic N) is 1. The summed E-state index contributed by atoms with van der Waals surface area (Å²) in [6, 6.07) is 11.8. The molecule has 5 nitrogen and oxygen atoms in total. The maximum absolute atomic E-state index is 12.6. The highest BCUT2D eigenvalue weighted by atomic mass is 127. The van der Waals surface area contributed by atoms with Crippen molar-refractivity contribution in [1.29, 1.82) is 0 Å². The molecule has 0 spiro atoms. The number of alkyl halides is 3. The molecule has 0 aliphatic heterocycles. The Morgan fingerprint density at radius 1 is 1.00 bits per heavy atom. The van der Waals surface area contributed by atoms with Crippen LogP contribution in [0, 0.1) is 0 Å². The number of carbonyl (C=O) groups excluding carboxylic acids is 1. The summed E-state index contributed by atoms with van der Waals surface area (Å²) in [5.41, 5.74) is 6.56. The first-order chi connectivity index (χ1) is 12.8. The first kappa shape index (κ1) is 23.7. The van der Waals surface area contributed by atoms with Crippen molar-refractivity contribution in [2.24, 2.45) is 10.7 Å². The van der Waals surface area contributed by atoms with Crippen LogP contribution in [0.4, 0.5) is 13.2 Å². The van der Waals surface area contributed by atoms with Crippen molar-refractivity contribution < 1.29 is 18.0 Å². The molecule has 0 bridgehead atoms. The van der Waals surface area contributed by atoms with E-state index in [1.54, 1.807) is 24.3 Å². The van der Waals surface area contributed by atoms with Crippen LogP contribution in [0.25, 0.3) is 0 Å². The summed E-state index contributed by atoms with van der Waals surface area (Å²) in [6.45, 7) is 3.27. The first-order valence-corrected chi connectivity index (χ1v) is 8.36. The number of halogens is 4. The molecule has 2 aromatic carbocycles. The van der Waals surface area contributed by atoms with Gasteiger partial charge in [0.1, 0.15) is 0 Å². The predicted octanol–water partition coefficient (Wildman–Crippen LogP) is 3.68. The van der Waals surface area contributed by atoms with E-state index in [9.17, 15) is 18.0 Å². The van der Waals surface area contributed by atoms with Gasteiger partial charge in [-0.25, -0.2) is 4.99 Å². The number of nitrogens with one attached hydrogen (secondary N) is 2. The number of rotatable bonds is 6. The van der Waals surface area contributed by atoms with Crippen LogP contribution in [0.5, 0.6) is 0 Å². The number of aliphatic imine (C=N–C) groups is 1. The van der Waals surface area contributed by atoms with Gasteiger partial charge in [0.15, 0.2) is 5.96 Å². The molecule has 9 heteroatoms. The Morgan fingerprint density at radius 3 is 2.07 bits per heavy atom. The summed E-state index contributed by atoms with van der Waals surface area (Å²) in [5.74, 6) is 0.0490. The Labute approximate surface area is 178 Å². The van der Waals surface area contributed by atoms with Gasteiger partial charge in [0.2, 0.25) is 5.91 Å². The Hall–Kier alpha value is -2.30. The second-order valence-corrected chi connectivity index (χ2v) is 5.80. The molecule has 0 aromatic heterocycles. The fraction of sp³-hybridized carbons (Fsp3) is 0.263. The lowest BCUT2D eigenvalue weighted by molar-refractivity contribution is -0.137. The average molecular weight is 506 g/mol. The summed E-state index contributed by atoms with van der Waals surface area (Å²) < 4.78 is 37.8. The molecule has 0 heterocycles. The van der Waals surface area contributed by atoms with Crippen LogP contribution >= 0.6 is 24.0 Å². The number of benzene rings is 2. The van der Waals surface area contributed by atoms with Crippen molar-refractivity contribution in [2.75, 3.05) is 6.54 Å². The lowest BCUT2D eigenvalue weighted by Gasteiger charge is -2.12. The van der Waals surface area contributed by atoms with E-state index < -0.39 is 17.6 Å². The minimum atomic E-state index is -4.34. The molecule has 0 radical (unpaired) electrons. The summed E-state index contributed by atoms with van der Waals surface area (Å²) in [5, 5.41) is 6.15. The van der Waals surface area contributed by atoms with Crippen LogP contribution in [0.3, 0.4) is 0 Å². The van der Waals surface area contributed by atoms with Gasteiger partial charge in [-0.3, -0.25) is 4.79 Å². The quantitative estimate of drug-likeness (QED) is 0.318. The molecular formula is C19H22F3IN4O. The number of hydrogen-bond donors (Lipinski definition) is 3. The van der Waals surface area contributed by atoms with Crippen molar-refractivity contribution in [1.82, 2.24) is 10.6 Å². The van der Waals surface area contributed by atoms with E-state index in [2.05, 4.69) is 15.6 Å². The fourth-order valence-electron chi connectivity index (χ4n) is 2.28. The fourth-order valence-corrected chi connectivity index (χ4v) is 2.28. The highest BCUT2D eigenvalue weighted by Gasteiger charge is 2.29.